The number of ether oxygens (including phenoxy) is 1. The zero-order chi connectivity index (χ0) is 22.9. The molecule has 0 atom stereocenters. The first kappa shape index (κ1) is 20.5. The van der Waals surface area contributed by atoms with E-state index >= 15 is 0 Å². The Morgan fingerprint density at radius 1 is 1.15 bits per heavy atom. The Hall–Kier alpha value is -4.44. The average Bonchev–Trinajstić information content (AvgIpc) is 3.55. The van der Waals surface area contributed by atoms with Gasteiger partial charge in [-0.15, -0.1) is 5.10 Å². The monoisotopic (exact) mass is 460 g/mol. The average molecular weight is 460 g/mol. The Balaban J connectivity index is 1.44. The molecule has 2 aromatic carbocycles. The van der Waals surface area contributed by atoms with Gasteiger partial charge < -0.3 is 18.7 Å². The number of aromatic carboxylic acids is 1. The Labute approximate surface area is 191 Å². The number of aromatic nitrogens is 3. The number of nitrogens with zero attached hydrogens (tertiary/aromatic N) is 3. The van der Waals surface area contributed by atoms with Crippen LogP contribution in [0.25, 0.3) is 33.9 Å². The Morgan fingerprint density at radius 2 is 1.97 bits per heavy atom. The number of para-hydroxylation sites is 1. The highest BCUT2D eigenvalue weighted by molar-refractivity contribution is 7.71. The van der Waals surface area contributed by atoms with Gasteiger partial charge in [-0.25, -0.2) is 9.89 Å². The van der Waals surface area contributed by atoms with Crippen molar-refractivity contribution in [2.24, 2.45) is 5.10 Å². The van der Waals surface area contributed by atoms with E-state index in [0.29, 0.717) is 34.4 Å². The third kappa shape index (κ3) is 3.83. The molecule has 10 heteroatoms. The number of carbonyl (C=O) groups is 1. The van der Waals surface area contributed by atoms with Crippen LogP contribution in [-0.2, 0) is 0 Å². The van der Waals surface area contributed by atoms with E-state index in [1.54, 1.807) is 31.4 Å². The lowest BCUT2D eigenvalue weighted by molar-refractivity contribution is 0.0697. The predicted molar refractivity (Wildman–Crippen MR) is 123 cm³/mol. The molecule has 0 aliphatic heterocycles. The number of furan rings is 2. The molecule has 3 aromatic heterocycles. The third-order valence-electron chi connectivity index (χ3n) is 4.94. The van der Waals surface area contributed by atoms with E-state index in [4.69, 9.17) is 30.9 Å². The first-order valence-electron chi connectivity index (χ1n) is 9.76. The van der Waals surface area contributed by atoms with Crippen LogP contribution in [-0.4, -0.2) is 39.3 Å². The van der Waals surface area contributed by atoms with Crippen LogP contribution in [0.4, 0.5) is 0 Å². The maximum atomic E-state index is 11.0. The van der Waals surface area contributed by atoms with Gasteiger partial charge in [-0.1, -0.05) is 24.3 Å². The summed E-state index contributed by atoms with van der Waals surface area (Å²) in [6, 6.07) is 17.4. The quantitative estimate of drug-likeness (QED) is 0.264. The highest BCUT2D eigenvalue weighted by atomic mass is 32.1. The summed E-state index contributed by atoms with van der Waals surface area (Å²) in [6.07, 6.45) is 1.51. The van der Waals surface area contributed by atoms with Gasteiger partial charge in [-0.2, -0.15) is 9.78 Å². The number of nitrogens with one attached hydrogen (secondary N) is 1. The molecule has 0 saturated carbocycles. The Morgan fingerprint density at radius 3 is 2.73 bits per heavy atom. The van der Waals surface area contributed by atoms with Crippen molar-refractivity contribution in [1.82, 2.24) is 14.9 Å². The Kier molecular flexibility index (Phi) is 5.11. The van der Waals surface area contributed by atoms with E-state index in [1.807, 2.05) is 24.3 Å². The number of H-pyrrole nitrogens is 1. The minimum atomic E-state index is -0.982. The van der Waals surface area contributed by atoms with Gasteiger partial charge in [0.1, 0.15) is 11.5 Å². The molecule has 5 rings (SSSR count). The summed E-state index contributed by atoms with van der Waals surface area (Å²) < 4.78 is 18.8. The van der Waals surface area contributed by atoms with Crippen LogP contribution in [0.5, 0.6) is 5.75 Å². The molecule has 0 fully saturated rings. The van der Waals surface area contributed by atoms with Crippen LogP contribution >= 0.6 is 12.2 Å². The zero-order valence-corrected chi connectivity index (χ0v) is 18.0. The van der Waals surface area contributed by atoms with Gasteiger partial charge in [-0.3, -0.25) is 0 Å². The molecule has 2 N–H and O–H groups in total. The molecule has 0 saturated heterocycles. The van der Waals surface area contributed by atoms with Crippen LogP contribution in [0.3, 0.4) is 0 Å². The number of methoxy groups -OCH3 is 1. The topological polar surface area (TPSA) is 119 Å². The number of aromatic amines is 1. The van der Waals surface area contributed by atoms with Gasteiger partial charge in [0, 0.05) is 10.9 Å². The highest BCUT2D eigenvalue weighted by Gasteiger charge is 2.16. The lowest BCUT2D eigenvalue weighted by Gasteiger charge is -1.99. The van der Waals surface area contributed by atoms with Gasteiger partial charge in [0.25, 0.3) is 0 Å². The maximum Gasteiger partial charge on any atom is 0.335 e. The molecular weight excluding hydrogens is 444 g/mol. The molecule has 0 amide bonds. The summed E-state index contributed by atoms with van der Waals surface area (Å²) in [5.41, 5.74) is 1.55. The van der Waals surface area contributed by atoms with Crippen LogP contribution in [0.2, 0.25) is 0 Å². The van der Waals surface area contributed by atoms with Gasteiger partial charge in [0.15, 0.2) is 17.1 Å². The number of benzene rings is 2. The summed E-state index contributed by atoms with van der Waals surface area (Å²) in [6.45, 7) is 0. The van der Waals surface area contributed by atoms with Crippen LogP contribution < -0.4 is 4.74 Å². The normalized spacial score (nSPS) is 11.4. The van der Waals surface area contributed by atoms with E-state index in [9.17, 15) is 4.79 Å². The molecule has 33 heavy (non-hydrogen) atoms. The van der Waals surface area contributed by atoms with Crippen molar-refractivity contribution in [2.45, 2.75) is 0 Å². The van der Waals surface area contributed by atoms with Crippen LogP contribution in [0.15, 0.2) is 74.6 Å². The van der Waals surface area contributed by atoms with Gasteiger partial charge in [0.05, 0.1) is 18.9 Å². The predicted octanol–water partition coefficient (Wildman–Crippen LogP) is 5.20. The largest absolute Gasteiger partial charge is 0.493 e. The fourth-order valence-corrected chi connectivity index (χ4v) is 3.51. The first-order valence-corrected chi connectivity index (χ1v) is 10.2. The highest BCUT2D eigenvalue weighted by Crippen LogP contribution is 2.32. The molecule has 0 aliphatic rings. The molecule has 0 aliphatic carbocycles. The minimum Gasteiger partial charge on any atom is -0.493 e. The van der Waals surface area contributed by atoms with E-state index in [1.165, 1.54) is 23.0 Å². The number of fused-ring (bicyclic) bond motifs is 1. The summed E-state index contributed by atoms with van der Waals surface area (Å²) >= 11 is 5.32. The summed E-state index contributed by atoms with van der Waals surface area (Å²) in [5.74, 6) is 1.55. The van der Waals surface area contributed by atoms with Crippen molar-refractivity contribution in [3.8, 4) is 28.7 Å². The van der Waals surface area contributed by atoms with Crippen molar-refractivity contribution in [2.75, 3.05) is 7.11 Å². The number of hydrogen-bond acceptors (Lipinski definition) is 7. The first-order chi connectivity index (χ1) is 16.0. The number of rotatable bonds is 6. The van der Waals surface area contributed by atoms with Crippen molar-refractivity contribution in [3.05, 3.63) is 76.8 Å². The maximum absolute atomic E-state index is 11.0. The third-order valence-corrected chi connectivity index (χ3v) is 5.21. The molecule has 0 spiro atoms. The smallest absolute Gasteiger partial charge is 0.335 e. The molecule has 0 bridgehead atoms. The van der Waals surface area contributed by atoms with Crippen LogP contribution in [0.1, 0.15) is 16.1 Å². The van der Waals surface area contributed by atoms with E-state index in [-0.39, 0.29) is 10.3 Å². The summed E-state index contributed by atoms with van der Waals surface area (Å²) in [7, 11) is 1.58. The molecule has 3 heterocycles. The van der Waals surface area contributed by atoms with Crippen molar-refractivity contribution in [3.63, 3.8) is 0 Å². The van der Waals surface area contributed by atoms with E-state index in [2.05, 4.69) is 15.3 Å². The van der Waals surface area contributed by atoms with E-state index in [0.717, 1.165) is 10.9 Å². The SMILES string of the molecule is COc1cccc2cc(-c3n[nH]c(=S)n3N=Cc3ccc(-c4ccc(C(=O)O)cc4)o3)oc12. The number of carboxylic acids is 1. The lowest BCUT2D eigenvalue weighted by Crippen LogP contribution is -1.94. The van der Waals surface area contributed by atoms with Gasteiger partial charge in [0.2, 0.25) is 10.6 Å². The second-order valence-electron chi connectivity index (χ2n) is 6.98. The summed E-state index contributed by atoms with van der Waals surface area (Å²) in [4.78, 5) is 11.0. The fraction of sp³-hybridized carbons (Fsp3) is 0.0435. The number of hydrogen-bond donors (Lipinski definition) is 2. The minimum absolute atomic E-state index is 0.206. The van der Waals surface area contributed by atoms with Gasteiger partial charge in [-0.05, 0) is 48.6 Å². The molecule has 9 nitrogen and oxygen atoms in total. The van der Waals surface area contributed by atoms with Gasteiger partial charge >= 0.3 is 5.97 Å². The molecule has 164 valence electrons. The molecule has 5 aromatic rings. The molecule has 0 radical (unpaired) electrons. The van der Waals surface area contributed by atoms with Crippen LogP contribution in [0, 0.1) is 4.77 Å². The lowest BCUT2D eigenvalue weighted by atomic mass is 10.1. The second-order valence-corrected chi connectivity index (χ2v) is 7.37. The standard InChI is InChI=1S/C23H16N4O5S/c1-30-18-4-2-3-15-11-19(32-20(15)18)21-25-26-23(33)27(21)24-12-16-9-10-17(31-16)13-5-7-14(8-6-13)22(28)29/h2-12H,1H3,(H,26,33)(H,28,29). The fourth-order valence-electron chi connectivity index (χ4n) is 3.33. The Bertz CT molecular complexity index is 1560. The van der Waals surface area contributed by atoms with Crippen molar-refractivity contribution < 1.29 is 23.5 Å². The van der Waals surface area contributed by atoms with Crippen molar-refractivity contribution >= 4 is 35.4 Å². The summed E-state index contributed by atoms with van der Waals surface area (Å²) in [5, 5.41) is 21.3. The zero-order valence-electron chi connectivity index (χ0n) is 17.2. The van der Waals surface area contributed by atoms with Crippen molar-refractivity contribution in [1.29, 1.82) is 0 Å². The molecule has 0 unspecified atom stereocenters. The second kappa shape index (κ2) is 8.24. The molecular formula is C23H16N4O5S. The number of carboxylic acid groups (broad SMARTS) is 1. The van der Waals surface area contributed by atoms with E-state index < -0.39 is 5.97 Å².